The van der Waals surface area contributed by atoms with Gasteiger partial charge >= 0.3 is 0 Å². The number of carbonyl (C=O) groups is 1. The molecule has 1 amide bonds. The van der Waals surface area contributed by atoms with Gasteiger partial charge in [-0.15, -0.1) is 0 Å². The first-order chi connectivity index (χ1) is 11.2. The van der Waals surface area contributed by atoms with Crippen LogP contribution in [0.1, 0.15) is 21.6 Å². The van der Waals surface area contributed by atoms with Gasteiger partial charge in [-0.25, -0.2) is 0 Å². The summed E-state index contributed by atoms with van der Waals surface area (Å²) in [6.45, 7) is 1.41. The van der Waals surface area contributed by atoms with Crippen molar-refractivity contribution < 1.29 is 4.79 Å². The quantitative estimate of drug-likeness (QED) is 0.607. The normalized spacial score (nSPS) is 13.6. The summed E-state index contributed by atoms with van der Waals surface area (Å²) in [6, 6.07) is 18.3. The van der Waals surface area contributed by atoms with Crippen molar-refractivity contribution in [2.45, 2.75) is 13.0 Å². The monoisotopic (exact) mass is 414 g/mol. The van der Waals surface area contributed by atoms with Crippen LogP contribution in [0.3, 0.4) is 0 Å². The molecule has 3 aromatic rings. The number of rotatable bonds is 3. The molecule has 4 heteroatoms. The Bertz CT molecular complexity index is 907. The molecule has 0 saturated heterocycles. The van der Waals surface area contributed by atoms with E-state index in [2.05, 4.69) is 45.8 Å². The van der Waals surface area contributed by atoms with Crippen molar-refractivity contribution in [2.75, 3.05) is 6.54 Å². The standard InChI is InChI=1S/C19H15IN2O/c20-16-6-3-5-14-12-22(19(23)18(14)16)11-10-15-9-8-13-4-1-2-7-17(13)21-15/h1-9H,10-12H2. The van der Waals surface area contributed by atoms with Gasteiger partial charge in [0.15, 0.2) is 0 Å². The minimum atomic E-state index is 0.144. The predicted octanol–water partition coefficient (Wildman–Crippen LogP) is 4.04. The SMILES string of the molecule is O=C1c2c(I)cccc2CN1CCc1ccc2ccccc2n1. The van der Waals surface area contributed by atoms with E-state index in [0.717, 1.165) is 37.7 Å². The van der Waals surface area contributed by atoms with Crippen LogP contribution in [0.4, 0.5) is 0 Å². The van der Waals surface area contributed by atoms with E-state index >= 15 is 0 Å². The van der Waals surface area contributed by atoms with Gasteiger partial charge in [0, 0.05) is 34.2 Å². The van der Waals surface area contributed by atoms with E-state index in [1.165, 1.54) is 0 Å². The van der Waals surface area contributed by atoms with Gasteiger partial charge in [-0.3, -0.25) is 9.78 Å². The first-order valence-corrected chi connectivity index (χ1v) is 8.71. The van der Waals surface area contributed by atoms with Gasteiger partial charge in [-0.05, 0) is 46.4 Å². The number of aromatic nitrogens is 1. The number of amides is 1. The van der Waals surface area contributed by atoms with E-state index < -0.39 is 0 Å². The zero-order valence-electron chi connectivity index (χ0n) is 12.5. The van der Waals surface area contributed by atoms with Gasteiger partial charge < -0.3 is 4.90 Å². The zero-order valence-corrected chi connectivity index (χ0v) is 14.7. The Morgan fingerprint density at radius 2 is 1.91 bits per heavy atom. The largest absolute Gasteiger partial charge is 0.334 e. The number of fused-ring (bicyclic) bond motifs is 2. The van der Waals surface area contributed by atoms with Crippen molar-refractivity contribution >= 4 is 39.4 Å². The molecule has 2 heterocycles. The molecule has 0 atom stereocenters. The Hall–Kier alpha value is -1.95. The third-order valence-electron chi connectivity index (χ3n) is 4.26. The number of carbonyl (C=O) groups excluding carboxylic acids is 1. The molecule has 0 fully saturated rings. The maximum atomic E-state index is 12.6. The van der Waals surface area contributed by atoms with Crippen LogP contribution in [-0.4, -0.2) is 22.3 Å². The highest BCUT2D eigenvalue weighted by atomic mass is 127. The third kappa shape index (κ3) is 2.72. The third-order valence-corrected chi connectivity index (χ3v) is 5.16. The molecule has 1 aliphatic rings. The molecule has 0 bridgehead atoms. The van der Waals surface area contributed by atoms with Crippen LogP contribution in [0.5, 0.6) is 0 Å². The van der Waals surface area contributed by atoms with Crippen LogP contribution in [0.25, 0.3) is 10.9 Å². The molecule has 114 valence electrons. The van der Waals surface area contributed by atoms with Crippen molar-refractivity contribution in [2.24, 2.45) is 0 Å². The van der Waals surface area contributed by atoms with Gasteiger partial charge in [0.05, 0.1) is 11.1 Å². The van der Waals surface area contributed by atoms with E-state index in [1.807, 2.05) is 41.3 Å². The number of pyridine rings is 1. The van der Waals surface area contributed by atoms with E-state index in [0.29, 0.717) is 13.1 Å². The van der Waals surface area contributed by atoms with Crippen LogP contribution in [0, 0.1) is 3.57 Å². The Labute approximate surface area is 148 Å². The molecule has 2 aromatic carbocycles. The molecular formula is C19H15IN2O. The zero-order chi connectivity index (χ0) is 15.8. The molecular weight excluding hydrogens is 399 g/mol. The van der Waals surface area contributed by atoms with Gasteiger partial charge in [-0.2, -0.15) is 0 Å². The topological polar surface area (TPSA) is 33.2 Å². The van der Waals surface area contributed by atoms with Crippen molar-refractivity contribution in [3.63, 3.8) is 0 Å². The number of para-hydroxylation sites is 1. The highest BCUT2D eigenvalue weighted by Crippen LogP contribution is 2.27. The summed E-state index contributed by atoms with van der Waals surface area (Å²) in [5.41, 5.74) is 4.05. The lowest BCUT2D eigenvalue weighted by molar-refractivity contribution is 0.0779. The molecule has 3 nitrogen and oxygen atoms in total. The highest BCUT2D eigenvalue weighted by molar-refractivity contribution is 14.1. The number of hydrogen-bond acceptors (Lipinski definition) is 2. The number of benzene rings is 2. The van der Waals surface area contributed by atoms with Crippen LogP contribution in [-0.2, 0) is 13.0 Å². The van der Waals surface area contributed by atoms with Crippen LogP contribution in [0.15, 0.2) is 54.6 Å². The summed E-state index contributed by atoms with van der Waals surface area (Å²) in [6.07, 6.45) is 0.779. The summed E-state index contributed by atoms with van der Waals surface area (Å²) in [4.78, 5) is 19.2. The maximum Gasteiger partial charge on any atom is 0.255 e. The summed E-state index contributed by atoms with van der Waals surface area (Å²) in [5, 5.41) is 1.15. The summed E-state index contributed by atoms with van der Waals surface area (Å²) < 4.78 is 1.04. The first kappa shape index (κ1) is 14.6. The molecule has 0 N–H and O–H groups in total. The molecule has 23 heavy (non-hydrogen) atoms. The predicted molar refractivity (Wildman–Crippen MR) is 99.3 cm³/mol. The fourth-order valence-corrected chi connectivity index (χ4v) is 3.84. The highest BCUT2D eigenvalue weighted by Gasteiger charge is 2.28. The van der Waals surface area contributed by atoms with E-state index in [4.69, 9.17) is 0 Å². The van der Waals surface area contributed by atoms with Gasteiger partial charge in [0.25, 0.3) is 5.91 Å². The van der Waals surface area contributed by atoms with Crippen LogP contribution in [0.2, 0.25) is 0 Å². The first-order valence-electron chi connectivity index (χ1n) is 7.64. The number of halogens is 1. The lowest BCUT2D eigenvalue weighted by atomic mass is 10.1. The molecule has 0 saturated carbocycles. The average molecular weight is 414 g/mol. The number of nitrogens with zero attached hydrogens (tertiary/aromatic N) is 2. The minimum absolute atomic E-state index is 0.144. The van der Waals surface area contributed by atoms with E-state index in [9.17, 15) is 4.79 Å². The lowest BCUT2D eigenvalue weighted by Gasteiger charge is -2.15. The summed E-state index contributed by atoms with van der Waals surface area (Å²) in [7, 11) is 0. The molecule has 1 aliphatic heterocycles. The van der Waals surface area contributed by atoms with Gasteiger partial charge in [0.2, 0.25) is 0 Å². The Morgan fingerprint density at radius 1 is 1.04 bits per heavy atom. The molecule has 0 aliphatic carbocycles. The molecule has 1 aromatic heterocycles. The second-order valence-corrected chi connectivity index (χ2v) is 6.91. The van der Waals surface area contributed by atoms with Crippen LogP contribution >= 0.6 is 22.6 Å². The molecule has 0 spiro atoms. The second kappa shape index (κ2) is 5.92. The van der Waals surface area contributed by atoms with Crippen molar-refractivity contribution in [3.05, 3.63) is 75.0 Å². The van der Waals surface area contributed by atoms with Crippen molar-refractivity contribution in [1.82, 2.24) is 9.88 Å². The maximum absolute atomic E-state index is 12.6. The molecule has 0 radical (unpaired) electrons. The number of hydrogen-bond donors (Lipinski definition) is 0. The van der Waals surface area contributed by atoms with Crippen molar-refractivity contribution in [1.29, 1.82) is 0 Å². The summed E-state index contributed by atoms with van der Waals surface area (Å²) >= 11 is 2.24. The van der Waals surface area contributed by atoms with Gasteiger partial charge in [0.1, 0.15) is 0 Å². The second-order valence-electron chi connectivity index (χ2n) is 5.75. The fourth-order valence-electron chi connectivity index (χ4n) is 3.05. The lowest BCUT2D eigenvalue weighted by Crippen LogP contribution is -2.26. The van der Waals surface area contributed by atoms with E-state index in [-0.39, 0.29) is 5.91 Å². The fraction of sp³-hybridized carbons (Fsp3) is 0.158. The molecule has 4 rings (SSSR count). The Morgan fingerprint density at radius 3 is 2.78 bits per heavy atom. The van der Waals surface area contributed by atoms with E-state index in [1.54, 1.807) is 0 Å². The smallest absolute Gasteiger partial charge is 0.255 e. The average Bonchev–Trinajstić information content (AvgIpc) is 2.90. The van der Waals surface area contributed by atoms with Crippen LogP contribution < -0.4 is 0 Å². The summed E-state index contributed by atoms with van der Waals surface area (Å²) in [5.74, 6) is 0.144. The van der Waals surface area contributed by atoms with Gasteiger partial charge in [-0.1, -0.05) is 36.4 Å². The minimum Gasteiger partial charge on any atom is -0.334 e. The molecule has 0 unspecified atom stereocenters. The van der Waals surface area contributed by atoms with Crippen molar-refractivity contribution in [3.8, 4) is 0 Å². The Balaban J connectivity index is 1.51. The Kier molecular flexibility index (Phi) is 3.77.